The quantitative estimate of drug-likeness (QED) is 0.313. The van der Waals surface area contributed by atoms with Crippen LogP contribution in [0.1, 0.15) is 43.6 Å². The maximum atomic E-state index is 9.99. The van der Waals surface area contributed by atoms with Gasteiger partial charge in [-0.05, 0) is 30.9 Å². The third kappa shape index (κ3) is 7.43. The van der Waals surface area contributed by atoms with Crippen molar-refractivity contribution < 1.29 is 51.6 Å². The number of aliphatic hydroxyl groups is 1. The van der Waals surface area contributed by atoms with Crippen LogP contribution in [0.2, 0.25) is 0 Å². The van der Waals surface area contributed by atoms with Crippen molar-refractivity contribution in [3.8, 4) is 0 Å². The zero-order valence-electron chi connectivity index (χ0n) is 20.2. The minimum Gasteiger partial charge on any atom is -1.00 e. The molecule has 1 nitrogen and oxygen atoms in total. The normalized spacial score (nSPS) is 14.2. The fraction of sp³-hybridized carbons (Fsp3) is 0.161. The number of allylic oxidation sites excluding steroid dienone is 4. The van der Waals surface area contributed by atoms with Crippen LogP contribution in [-0.4, -0.2) is 5.11 Å². The van der Waals surface area contributed by atoms with Crippen LogP contribution in [0.5, 0.6) is 0 Å². The molecule has 1 aliphatic carbocycles. The van der Waals surface area contributed by atoms with Gasteiger partial charge in [0.2, 0.25) is 0 Å². The summed E-state index contributed by atoms with van der Waals surface area (Å²) in [6, 6.07) is 35.7. The van der Waals surface area contributed by atoms with Gasteiger partial charge in [-0.1, -0.05) is 114 Å². The molecule has 5 rings (SSSR count). The Balaban J connectivity index is 0.000000331. The zero-order valence-corrected chi connectivity index (χ0v) is 23.2. The maximum absolute atomic E-state index is 9.99. The number of halogens is 2. The van der Waals surface area contributed by atoms with Crippen LogP contribution in [0.3, 0.4) is 0 Å². The van der Waals surface area contributed by atoms with E-state index in [0.29, 0.717) is 5.92 Å². The molecule has 0 saturated carbocycles. The van der Waals surface area contributed by atoms with Crippen molar-refractivity contribution in [2.24, 2.45) is 5.92 Å². The molecular weight excluding hydrogens is 507 g/mol. The molecule has 35 heavy (non-hydrogen) atoms. The van der Waals surface area contributed by atoms with Crippen LogP contribution < -0.4 is 24.8 Å². The van der Waals surface area contributed by atoms with Gasteiger partial charge in [-0.15, -0.1) is 35.2 Å². The minimum absolute atomic E-state index is 0. The Morgan fingerprint density at radius 2 is 1.23 bits per heavy atom. The second kappa shape index (κ2) is 14.4. The van der Waals surface area contributed by atoms with Gasteiger partial charge in [0.25, 0.3) is 0 Å². The summed E-state index contributed by atoms with van der Waals surface area (Å²) in [6.45, 7) is 6.67. The third-order valence-corrected chi connectivity index (χ3v) is 6.13. The first kappa shape index (κ1) is 30.9. The molecule has 1 radical (unpaired) electrons. The van der Waals surface area contributed by atoms with E-state index in [2.05, 4.69) is 69.3 Å². The van der Waals surface area contributed by atoms with Gasteiger partial charge in [0.1, 0.15) is 6.10 Å². The summed E-state index contributed by atoms with van der Waals surface area (Å²) in [5.41, 5.74) is 7.34. The van der Waals surface area contributed by atoms with E-state index in [1.165, 1.54) is 33.1 Å². The van der Waals surface area contributed by atoms with Crippen molar-refractivity contribution in [1.82, 2.24) is 0 Å². The molecule has 0 aliphatic heterocycles. The van der Waals surface area contributed by atoms with Crippen molar-refractivity contribution in [1.29, 1.82) is 0 Å². The molecule has 1 unspecified atom stereocenters. The van der Waals surface area contributed by atoms with Crippen molar-refractivity contribution >= 4 is 16.3 Å². The van der Waals surface area contributed by atoms with E-state index >= 15 is 0 Å². The topological polar surface area (TPSA) is 20.2 Å². The summed E-state index contributed by atoms with van der Waals surface area (Å²) in [7, 11) is 0. The van der Waals surface area contributed by atoms with Crippen molar-refractivity contribution in [3.05, 3.63) is 137 Å². The van der Waals surface area contributed by atoms with Gasteiger partial charge in [-0.3, -0.25) is 0 Å². The molecule has 1 atom stereocenters. The second-order valence-corrected chi connectivity index (χ2v) is 8.36. The van der Waals surface area contributed by atoms with Gasteiger partial charge in [0.05, 0.1) is 0 Å². The van der Waals surface area contributed by atoms with Crippen LogP contribution in [-0.2, 0) is 21.7 Å². The summed E-state index contributed by atoms with van der Waals surface area (Å²) in [4.78, 5) is 0. The molecule has 0 spiro atoms. The average Bonchev–Trinajstić information content (AvgIpc) is 3.10. The van der Waals surface area contributed by atoms with Crippen molar-refractivity contribution in [2.45, 2.75) is 26.9 Å². The molecule has 0 heterocycles. The molecule has 0 saturated heterocycles. The first-order chi connectivity index (χ1) is 15.5. The van der Waals surface area contributed by atoms with E-state index in [-0.39, 0.29) is 46.5 Å². The Labute approximate surface area is 236 Å². The molecule has 4 aromatic rings. The Morgan fingerprint density at radius 3 is 1.74 bits per heavy atom. The van der Waals surface area contributed by atoms with Crippen LogP contribution in [0.4, 0.5) is 0 Å². The average molecular weight is 536 g/mol. The van der Waals surface area contributed by atoms with Crippen LogP contribution >= 0.6 is 0 Å². The Kier molecular flexibility index (Phi) is 12.7. The zero-order chi connectivity index (χ0) is 22.5. The third-order valence-electron chi connectivity index (χ3n) is 6.13. The SMILES string of the molecule is CC1=CC(C)C(c2[c-]c3ccccc3cc2)=C1C.OC(c1ccccc1)c1ccccc1.[Cl-].[Cl-].[Ti+3]. The molecule has 1 N–H and O–H groups in total. The van der Waals surface area contributed by atoms with Gasteiger partial charge in [0.15, 0.2) is 0 Å². The smallest absolute Gasteiger partial charge is 1.00 e. The van der Waals surface area contributed by atoms with E-state index in [1.807, 2.05) is 60.7 Å². The number of benzene rings is 4. The Bertz CT molecular complexity index is 1230. The van der Waals surface area contributed by atoms with Crippen LogP contribution in [0, 0.1) is 12.0 Å². The van der Waals surface area contributed by atoms with E-state index in [4.69, 9.17) is 0 Å². The van der Waals surface area contributed by atoms with E-state index in [1.54, 1.807) is 0 Å². The fourth-order valence-corrected chi connectivity index (χ4v) is 4.32. The molecule has 0 bridgehead atoms. The summed E-state index contributed by atoms with van der Waals surface area (Å²) < 4.78 is 0. The first-order valence-corrected chi connectivity index (χ1v) is 11.1. The Morgan fingerprint density at radius 1 is 0.714 bits per heavy atom. The molecular formula is C31H29Cl2OTi. The van der Waals surface area contributed by atoms with E-state index < -0.39 is 6.10 Å². The number of hydrogen-bond donors (Lipinski definition) is 1. The number of hydrogen-bond acceptors (Lipinski definition) is 1. The maximum Gasteiger partial charge on any atom is 3.00 e. The van der Waals surface area contributed by atoms with Gasteiger partial charge in [-0.2, -0.15) is 0 Å². The largest absolute Gasteiger partial charge is 3.00 e. The number of aliphatic hydroxyl groups excluding tert-OH is 1. The monoisotopic (exact) mass is 535 g/mol. The summed E-state index contributed by atoms with van der Waals surface area (Å²) in [5, 5.41) is 12.5. The predicted octanol–water partition coefficient (Wildman–Crippen LogP) is 1.78. The molecule has 0 aromatic heterocycles. The van der Waals surface area contributed by atoms with Gasteiger partial charge >= 0.3 is 21.7 Å². The second-order valence-electron chi connectivity index (χ2n) is 8.36. The van der Waals surface area contributed by atoms with Gasteiger partial charge < -0.3 is 29.9 Å². The molecule has 0 fully saturated rings. The van der Waals surface area contributed by atoms with E-state index in [9.17, 15) is 5.11 Å². The fourth-order valence-electron chi connectivity index (χ4n) is 4.32. The molecule has 4 aromatic carbocycles. The summed E-state index contributed by atoms with van der Waals surface area (Å²) in [5.74, 6) is 0.502. The predicted molar refractivity (Wildman–Crippen MR) is 135 cm³/mol. The Hall–Kier alpha value is -2.13. The van der Waals surface area contributed by atoms with Crippen LogP contribution in [0.25, 0.3) is 16.3 Å². The van der Waals surface area contributed by atoms with Gasteiger partial charge in [-0.25, -0.2) is 0 Å². The number of rotatable bonds is 3. The van der Waals surface area contributed by atoms with Crippen molar-refractivity contribution in [2.75, 3.05) is 0 Å². The summed E-state index contributed by atoms with van der Waals surface area (Å²) >= 11 is 0. The molecule has 4 heteroatoms. The van der Waals surface area contributed by atoms with Gasteiger partial charge in [0, 0.05) is 0 Å². The van der Waals surface area contributed by atoms with Crippen LogP contribution in [0.15, 0.2) is 114 Å². The first-order valence-electron chi connectivity index (χ1n) is 11.1. The minimum atomic E-state index is -0.516. The molecule has 1 aliphatic rings. The van der Waals surface area contributed by atoms with Crippen molar-refractivity contribution in [3.63, 3.8) is 0 Å². The number of fused-ring (bicyclic) bond motifs is 1. The summed E-state index contributed by atoms with van der Waals surface area (Å²) in [6.07, 6.45) is 1.82. The molecule has 177 valence electrons. The van der Waals surface area contributed by atoms with E-state index in [0.717, 1.165) is 11.1 Å². The standard InChI is InChI=1S/C18H17.C13H12O.2ClH.Ti/c1-12-10-13(2)18(14(12)3)17-9-8-15-6-4-5-7-16(15)11-17;14-13(11-7-3-1-4-8-11)12-9-5-2-6-10-12;;;/h4-10,13H,1-3H3;1-10,13-14H;2*1H;/q-1;;;;+3/p-2. The molecule has 0 amide bonds.